The Kier molecular flexibility index (Phi) is 6.64. The van der Waals surface area contributed by atoms with E-state index in [0.29, 0.717) is 17.9 Å². The molecule has 2 bridgehead atoms. The van der Waals surface area contributed by atoms with E-state index < -0.39 is 15.8 Å². The number of ether oxygens (including phenoxy) is 1. The van der Waals surface area contributed by atoms with E-state index in [2.05, 4.69) is 20.4 Å². The van der Waals surface area contributed by atoms with E-state index in [4.69, 9.17) is 9.72 Å². The average Bonchev–Trinajstić information content (AvgIpc) is 3.63. The van der Waals surface area contributed by atoms with Crippen LogP contribution in [0.2, 0.25) is 0 Å². The molecular weight excluding hydrogens is 573 g/mol. The molecule has 3 aliphatic carbocycles. The van der Waals surface area contributed by atoms with Crippen molar-refractivity contribution in [2.24, 2.45) is 17.8 Å². The van der Waals surface area contributed by atoms with Crippen molar-refractivity contribution in [1.29, 1.82) is 0 Å². The van der Waals surface area contributed by atoms with Gasteiger partial charge >= 0.3 is 5.97 Å². The molecule has 3 aliphatic rings. The van der Waals surface area contributed by atoms with E-state index >= 15 is 0 Å². The summed E-state index contributed by atoms with van der Waals surface area (Å²) in [5, 5.41) is 8.38. The van der Waals surface area contributed by atoms with Crippen molar-refractivity contribution in [3.05, 3.63) is 66.6 Å². The Morgan fingerprint density at radius 1 is 1.12 bits per heavy atom. The average molecular weight is 604 g/mol. The minimum absolute atomic E-state index is 0.0489. The van der Waals surface area contributed by atoms with Gasteiger partial charge in [-0.25, -0.2) is 36.2 Å². The van der Waals surface area contributed by atoms with E-state index in [1.807, 2.05) is 6.92 Å². The number of anilines is 1. The number of nitrogens with one attached hydrogen (secondary N) is 1. The molecule has 222 valence electrons. The number of hydrogen-bond donors (Lipinski definition) is 1. The number of carbonyl (C=O) groups excluding carboxylic acids is 1. The number of esters is 1. The molecule has 8 rings (SSSR count). The predicted molar refractivity (Wildman–Crippen MR) is 156 cm³/mol. The molecule has 3 fully saturated rings. The zero-order valence-corrected chi connectivity index (χ0v) is 24.5. The molecule has 1 N–H and O–H groups in total. The summed E-state index contributed by atoms with van der Waals surface area (Å²) in [5.74, 6) is -0.0639. The number of fused-ring (bicyclic) bond motifs is 5. The fraction of sp³-hybridized carbons (Fsp3) is 0.367. The van der Waals surface area contributed by atoms with Gasteiger partial charge < -0.3 is 10.1 Å². The fourth-order valence-corrected chi connectivity index (χ4v) is 8.00. The van der Waals surface area contributed by atoms with Crippen molar-refractivity contribution in [3.63, 3.8) is 0 Å². The molecule has 3 saturated carbocycles. The molecule has 0 saturated heterocycles. The topological polar surface area (TPSA) is 133 Å². The second-order valence-corrected chi connectivity index (χ2v) is 13.1. The van der Waals surface area contributed by atoms with Crippen molar-refractivity contribution in [3.8, 4) is 11.4 Å². The first-order chi connectivity index (χ1) is 20.7. The van der Waals surface area contributed by atoms with E-state index in [9.17, 15) is 17.6 Å². The first-order valence-corrected chi connectivity index (χ1v) is 15.8. The molecule has 13 heteroatoms. The summed E-state index contributed by atoms with van der Waals surface area (Å²) in [6.07, 6.45) is 9.46. The number of aryl methyl sites for hydroxylation is 1. The Hall–Kier alpha value is -4.39. The number of carbonyl (C=O) groups is 1. The van der Waals surface area contributed by atoms with Crippen LogP contribution in [0.5, 0.6) is 0 Å². The molecule has 0 unspecified atom stereocenters. The number of pyridine rings is 1. The maximum absolute atomic E-state index is 14.5. The highest BCUT2D eigenvalue weighted by atomic mass is 32.2. The van der Waals surface area contributed by atoms with Crippen molar-refractivity contribution < 1.29 is 22.3 Å². The molecule has 0 amide bonds. The zero-order chi connectivity index (χ0) is 29.9. The maximum atomic E-state index is 14.5. The van der Waals surface area contributed by atoms with Gasteiger partial charge in [0.25, 0.3) is 10.0 Å². The molecule has 0 spiro atoms. The highest BCUT2D eigenvalue weighted by molar-refractivity contribution is 7.90. The van der Waals surface area contributed by atoms with Gasteiger partial charge in [-0.3, -0.25) is 4.79 Å². The van der Waals surface area contributed by atoms with Gasteiger partial charge in [-0.15, -0.1) is 5.10 Å². The fourth-order valence-electron chi connectivity index (χ4n) is 6.68. The van der Waals surface area contributed by atoms with Gasteiger partial charge in [0.15, 0.2) is 17.3 Å². The first-order valence-electron chi connectivity index (χ1n) is 14.4. The molecule has 4 heterocycles. The summed E-state index contributed by atoms with van der Waals surface area (Å²) in [6.45, 7) is 3.98. The maximum Gasteiger partial charge on any atom is 0.311 e. The standard InChI is InChI=1S/C30H30FN7O4S/c1-3-42-30(39)25-18-6-8-19(9-7-18)26(25)34-28-24-14-32-16-37(24)36-27(35-28)23-15-38(29-22(23)12-20(31)13-33-29)43(40,41)21-10-4-17(2)5-11-21/h4-5,10-16,18-19,25-26H,3,6-9H2,1-2H3,(H,34,35,36)/t18?,19?,25-,26-/m1/s1. The highest BCUT2D eigenvalue weighted by Gasteiger charge is 2.48. The monoisotopic (exact) mass is 603 g/mol. The van der Waals surface area contributed by atoms with Crippen molar-refractivity contribution >= 4 is 38.4 Å². The lowest BCUT2D eigenvalue weighted by Crippen LogP contribution is -2.52. The summed E-state index contributed by atoms with van der Waals surface area (Å²) in [4.78, 5) is 26.4. The molecule has 11 nitrogen and oxygen atoms in total. The molecule has 1 aromatic carbocycles. The van der Waals surface area contributed by atoms with E-state index in [-0.39, 0.29) is 57.1 Å². The Labute approximate surface area is 247 Å². The summed E-state index contributed by atoms with van der Waals surface area (Å²) >= 11 is 0. The van der Waals surface area contributed by atoms with Crippen LogP contribution in [-0.2, 0) is 19.6 Å². The first kappa shape index (κ1) is 27.4. The SMILES string of the molecule is CCOC(=O)[C@@H]1C2CCC(CC2)[C@H]1Nc1nc(-c2cn(S(=O)(=O)c3ccc(C)cc3)c3ncc(F)cc23)nn2cncc12. The minimum Gasteiger partial charge on any atom is -0.466 e. The van der Waals surface area contributed by atoms with E-state index in [1.165, 1.54) is 35.2 Å². The lowest BCUT2D eigenvalue weighted by atomic mass is 9.61. The van der Waals surface area contributed by atoms with Gasteiger partial charge in [0.2, 0.25) is 0 Å². The number of halogens is 1. The number of hydrogen-bond acceptors (Lipinski definition) is 9. The normalized spacial score (nSPS) is 21.8. The van der Waals surface area contributed by atoms with Crippen LogP contribution in [0, 0.1) is 30.5 Å². The number of aromatic nitrogens is 6. The second kappa shape index (κ2) is 10.4. The van der Waals surface area contributed by atoms with Crippen LogP contribution in [0.4, 0.5) is 10.2 Å². The summed E-state index contributed by atoms with van der Waals surface area (Å²) < 4.78 is 50.0. The minimum atomic E-state index is -4.08. The van der Waals surface area contributed by atoms with Crippen LogP contribution in [0.1, 0.15) is 38.2 Å². The number of rotatable bonds is 7. The molecule has 0 radical (unpaired) electrons. The van der Waals surface area contributed by atoms with Gasteiger partial charge in [-0.2, -0.15) is 0 Å². The van der Waals surface area contributed by atoms with Gasteiger partial charge in [0.05, 0.1) is 29.8 Å². The van der Waals surface area contributed by atoms with Crippen LogP contribution in [-0.4, -0.2) is 55.6 Å². The van der Waals surface area contributed by atoms with E-state index in [1.54, 1.807) is 25.3 Å². The summed E-state index contributed by atoms with van der Waals surface area (Å²) in [5.41, 5.74) is 1.83. The third-order valence-corrected chi connectivity index (χ3v) is 10.4. The Balaban J connectivity index is 1.36. The van der Waals surface area contributed by atoms with Crippen molar-refractivity contribution in [2.45, 2.75) is 50.5 Å². The van der Waals surface area contributed by atoms with E-state index in [0.717, 1.165) is 41.4 Å². The highest BCUT2D eigenvalue weighted by Crippen LogP contribution is 2.47. The van der Waals surface area contributed by atoms with Crippen molar-refractivity contribution in [1.82, 2.24) is 28.5 Å². The number of nitrogens with zero attached hydrogens (tertiary/aromatic N) is 6. The smallest absolute Gasteiger partial charge is 0.311 e. The third kappa shape index (κ3) is 4.62. The molecule has 4 aromatic heterocycles. The van der Waals surface area contributed by atoms with Gasteiger partial charge in [0.1, 0.15) is 17.7 Å². The molecule has 43 heavy (non-hydrogen) atoms. The van der Waals surface area contributed by atoms with Crippen LogP contribution in [0.15, 0.2) is 60.1 Å². The lowest BCUT2D eigenvalue weighted by Gasteiger charge is -2.47. The molecule has 5 aromatic rings. The number of imidazole rings is 1. The Bertz CT molecular complexity index is 1960. The van der Waals surface area contributed by atoms with Gasteiger partial charge in [-0.05, 0) is 69.6 Å². The van der Waals surface area contributed by atoms with Crippen molar-refractivity contribution in [2.75, 3.05) is 11.9 Å². The third-order valence-electron chi connectivity index (χ3n) is 8.76. The van der Waals surface area contributed by atoms with Gasteiger partial charge in [0, 0.05) is 23.2 Å². The van der Waals surface area contributed by atoms with Crippen LogP contribution in [0.3, 0.4) is 0 Å². The second-order valence-electron chi connectivity index (χ2n) is 11.3. The lowest BCUT2D eigenvalue weighted by molar-refractivity contribution is -0.154. The summed E-state index contributed by atoms with van der Waals surface area (Å²) in [7, 11) is -4.08. The Morgan fingerprint density at radius 3 is 2.60 bits per heavy atom. The molecule has 0 aliphatic heterocycles. The Morgan fingerprint density at radius 2 is 1.86 bits per heavy atom. The van der Waals surface area contributed by atoms with Gasteiger partial charge in [-0.1, -0.05) is 17.7 Å². The molecular formula is C30H30FN7O4S. The number of benzene rings is 1. The zero-order valence-electron chi connectivity index (χ0n) is 23.6. The quantitative estimate of drug-likeness (QED) is 0.265. The van der Waals surface area contributed by atoms with Crippen LogP contribution < -0.4 is 5.32 Å². The van der Waals surface area contributed by atoms with Crippen LogP contribution >= 0.6 is 0 Å². The van der Waals surface area contributed by atoms with Crippen LogP contribution in [0.25, 0.3) is 27.9 Å². The molecule has 2 atom stereocenters. The summed E-state index contributed by atoms with van der Waals surface area (Å²) in [6, 6.07) is 7.49. The predicted octanol–water partition coefficient (Wildman–Crippen LogP) is 4.61. The largest absolute Gasteiger partial charge is 0.466 e.